The summed E-state index contributed by atoms with van der Waals surface area (Å²) in [4.78, 5) is 16.8. The average molecular weight is 398 g/mol. The molecule has 0 saturated carbocycles. The van der Waals surface area contributed by atoms with Crippen LogP contribution in [-0.4, -0.2) is 48.4 Å². The number of benzene rings is 2. The predicted molar refractivity (Wildman–Crippen MR) is 104 cm³/mol. The van der Waals surface area contributed by atoms with E-state index in [1.54, 1.807) is 18.2 Å². The third kappa shape index (κ3) is 5.11. The highest BCUT2D eigenvalue weighted by atomic mass is 35.5. The lowest BCUT2D eigenvalue weighted by atomic mass is 10.1. The van der Waals surface area contributed by atoms with Crippen LogP contribution in [0.4, 0.5) is 0 Å². The molecule has 3 rings (SSSR count). The molecule has 0 radical (unpaired) electrons. The van der Waals surface area contributed by atoms with E-state index < -0.39 is 0 Å². The molecule has 1 aliphatic heterocycles. The molecule has 1 aliphatic rings. The topological polar surface area (TPSA) is 23.6 Å². The smallest absolute Gasteiger partial charge is 0.254 e. The van der Waals surface area contributed by atoms with Crippen molar-refractivity contribution in [3.8, 4) is 0 Å². The summed E-state index contributed by atoms with van der Waals surface area (Å²) in [6, 6.07) is 12.9. The van der Waals surface area contributed by atoms with Crippen LogP contribution in [0.3, 0.4) is 0 Å². The van der Waals surface area contributed by atoms with Crippen molar-refractivity contribution in [2.45, 2.75) is 6.42 Å². The molecule has 2 aromatic carbocycles. The van der Waals surface area contributed by atoms with Crippen LogP contribution in [0.1, 0.15) is 15.9 Å². The van der Waals surface area contributed by atoms with Gasteiger partial charge in [0.15, 0.2) is 0 Å². The lowest BCUT2D eigenvalue weighted by molar-refractivity contribution is 0.0638. The molecule has 0 spiro atoms. The molecular formula is C19H19Cl3N2O. The summed E-state index contributed by atoms with van der Waals surface area (Å²) in [6.07, 6.45) is 0.957. The Labute approximate surface area is 163 Å². The van der Waals surface area contributed by atoms with Gasteiger partial charge in [-0.2, -0.15) is 0 Å². The van der Waals surface area contributed by atoms with Gasteiger partial charge in [0.25, 0.3) is 5.91 Å². The standard InChI is InChI=1S/C19H19Cl3N2O/c20-16-3-1-2-14(10-16)4-5-23-6-8-24(9-7-23)19(25)15-11-17(21)13-18(22)12-15/h1-3,10-13H,4-9H2. The minimum atomic E-state index is -0.0149. The van der Waals surface area contributed by atoms with Crippen LogP contribution in [0.5, 0.6) is 0 Å². The Morgan fingerprint density at radius 1 is 0.880 bits per heavy atom. The van der Waals surface area contributed by atoms with E-state index >= 15 is 0 Å². The van der Waals surface area contributed by atoms with Crippen molar-refractivity contribution in [2.24, 2.45) is 0 Å². The molecule has 132 valence electrons. The molecule has 1 fully saturated rings. The van der Waals surface area contributed by atoms with E-state index in [0.717, 1.165) is 31.1 Å². The number of rotatable bonds is 4. The van der Waals surface area contributed by atoms with E-state index in [-0.39, 0.29) is 5.91 Å². The number of hydrogen-bond donors (Lipinski definition) is 0. The number of hydrogen-bond acceptors (Lipinski definition) is 2. The van der Waals surface area contributed by atoms with Gasteiger partial charge >= 0.3 is 0 Å². The number of carbonyl (C=O) groups is 1. The molecule has 3 nitrogen and oxygen atoms in total. The van der Waals surface area contributed by atoms with E-state index in [0.29, 0.717) is 28.7 Å². The summed E-state index contributed by atoms with van der Waals surface area (Å²) < 4.78 is 0. The Morgan fingerprint density at radius 3 is 2.20 bits per heavy atom. The van der Waals surface area contributed by atoms with E-state index in [1.165, 1.54) is 5.56 Å². The Balaban J connectivity index is 1.52. The van der Waals surface area contributed by atoms with Crippen molar-refractivity contribution in [2.75, 3.05) is 32.7 Å². The highest BCUT2D eigenvalue weighted by Gasteiger charge is 2.22. The number of carbonyl (C=O) groups excluding carboxylic acids is 1. The van der Waals surface area contributed by atoms with Crippen LogP contribution < -0.4 is 0 Å². The minimum absolute atomic E-state index is 0.0149. The summed E-state index contributed by atoms with van der Waals surface area (Å²) in [5.74, 6) is -0.0149. The van der Waals surface area contributed by atoms with Crippen LogP contribution in [-0.2, 0) is 6.42 Å². The lowest BCUT2D eigenvalue weighted by Gasteiger charge is -2.34. The highest BCUT2D eigenvalue weighted by molar-refractivity contribution is 6.35. The number of nitrogens with zero attached hydrogens (tertiary/aromatic N) is 2. The second-order valence-electron chi connectivity index (χ2n) is 6.17. The van der Waals surface area contributed by atoms with Crippen molar-refractivity contribution in [3.63, 3.8) is 0 Å². The van der Waals surface area contributed by atoms with E-state index in [2.05, 4.69) is 11.0 Å². The Bertz CT molecular complexity index is 738. The van der Waals surface area contributed by atoms with E-state index in [9.17, 15) is 4.79 Å². The van der Waals surface area contributed by atoms with Gasteiger partial charge in [-0.25, -0.2) is 0 Å². The van der Waals surface area contributed by atoms with Gasteiger partial charge in [-0.3, -0.25) is 9.69 Å². The zero-order chi connectivity index (χ0) is 17.8. The average Bonchev–Trinajstić information content (AvgIpc) is 2.59. The summed E-state index contributed by atoms with van der Waals surface area (Å²) in [6.45, 7) is 4.10. The molecule has 0 atom stereocenters. The van der Waals surface area contributed by atoms with Gasteiger partial charge in [0.2, 0.25) is 0 Å². The molecular weight excluding hydrogens is 379 g/mol. The molecule has 1 heterocycles. The molecule has 0 unspecified atom stereocenters. The lowest BCUT2D eigenvalue weighted by Crippen LogP contribution is -2.49. The first-order valence-electron chi connectivity index (χ1n) is 8.23. The fraction of sp³-hybridized carbons (Fsp3) is 0.316. The molecule has 25 heavy (non-hydrogen) atoms. The number of halogens is 3. The van der Waals surface area contributed by atoms with E-state index in [1.807, 2.05) is 23.1 Å². The molecule has 0 N–H and O–H groups in total. The van der Waals surface area contributed by atoms with Crippen LogP contribution in [0, 0.1) is 0 Å². The van der Waals surface area contributed by atoms with Crippen LogP contribution in [0.25, 0.3) is 0 Å². The normalized spacial score (nSPS) is 15.4. The third-order valence-electron chi connectivity index (χ3n) is 4.37. The van der Waals surface area contributed by atoms with Crippen molar-refractivity contribution < 1.29 is 4.79 Å². The fourth-order valence-corrected chi connectivity index (χ4v) is 3.75. The number of piperazine rings is 1. The van der Waals surface area contributed by atoms with Gasteiger partial charge in [-0.15, -0.1) is 0 Å². The SMILES string of the molecule is O=C(c1cc(Cl)cc(Cl)c1)N1CCN(CCc2cccc(Cl)c2)CC1. The Hall–Kier alpha value is -1.26. The quantitative estimate of drug-likeness (QED) is 0.750. The molecule has 6 heteroatoms. The van der Waals surface area contributed by atoms with E-state index in [4.69, 9.17) is 34.8 Å². The second-order valence-corrected chi connectivity index (χ2v) is 7.48. The van der Waals surface area contributed by atoms with Crippen molar-refractivity contribution in [1.29, 1.82) is 0 Å². The fourth-order valence-electron chi connectivity index (χ4n) is 3.01. The molecule has 1 amide bonds. The molecule has 2 aromatic rings. The maximum absolute atomic E-state index is 12.6. The summed E-state index contributed by atoms with van der Waals surface area (Å²) in [7, 11) is 0. The van der Waals surface area contributed by atoms with Crippen molar-refractivity contribution in [3.05, 3.63) is 68.7 Å². The molecule has 0 bridgehead atoms. The monoisotopic (exact) mass is 396 g/mol. The first-order valence-corrected chi connectivity index (χ1v) is 9.37. The summed E-state index contributed by atoms with van der Waals surface area (Å²) in [5.41, 5.74) is 1.78. The van der Waals surface area contributed by atoms with Crippen LogP contribution >= 0.6 is 34.8 Å². The van der Waals surface area contributed by atoms with Crippen LogP contribution in [0.2, 0.25) is 15.1 Å². The minimum Gasteiger partial charge on any atom is -0.336 e. The zero-order valence-electron chi connectivity index (χ0n) is 13.7. The molecule has 1 saturated heterocycles. The van der Waals surface area contributed by atoms with Crippen molar-refractivity contribution in [1.82, 2.24) is 9.80 Å². The van der Waals surface area contributed by atoms with Crippen molar-refractivity contribution >= 4 is 40.7 Å². The maximum atomic E-state index is 12.6. The Kier molecular flexibility index (Phi) is 6.24. The summed E-state index contributed by atoms with van der Waals surface area (Å²) >= 11 is 18.0. The largest absolute Gasteiger partial charge is 0.336 e. The predicted octanol–water partition coefficient (Wildman–Crippen LogP) is 4.65. The third-order valence-corrected chi connectivity index (χ3v) is 5.05. The van der Waals surface area contributed by atoms with Gasteiger partial charge in [0, 0.05) is 53.4 Å². The molecule has 0 aliphatic carbocycles. The van der Waals surface area contributed by atoms with Gasteiger partial charge in [-0.05, 0) is 42.3 Å². The summed E-state index contributed by atoms with van der Waals surface area (Å²) in [5, 5.41) is 1.74. The Morgan fingerprint density at radius 2 is 1.56 bits per heavy atom. The second kappa shape index (κ2) is 8.41. The zero-order valence-corrected chi connectivity index (χ0v) is 16.0. The van der Waals surface area contributed by atoms with Gasteiger partial charge in [0.05, 0.1) is 0 Å². The van der Waals surface area contributed by atoms with Crippen LogP contribution in [0.15, 0.2) is 42.5 Å². The van der Waals surface area contributed by atoms with Gasteiger partial charge in [0.1, 0.15) is 0 Å². The first kappa shape index (κ1) is 18.5. The highest BCUT2D eigenvalue weighted by Crippen LogP contribution is 2.21. The first-order chi connectivity index (χ1) is 12.0. The molecule has 0 aromatic heterocycles. The van der Waals surface area contributed by atoms with Gasteiger partial charge < -0.3 is 4.90 Å². The van der Waals surface area contributed by atoms with Gasteiger partial charge in [-0.1, -0.05) is 46.9 Å². The maximum Gasteiger partial charge on any atom is 0.254 e. The number of amides is 1.